The van der Waals surface area contributed by atoms with E-state index >= 15 is 0 Å². The topological polar surface area (TPSA) is 89.7 Å². The van der Waals surface area contributed by atoms with E-state index in [1.54, 1.807) is 0 Å². The highest BCUT2D eigenvalue weighted by molar-refractivity contribution is 7.67. The van der Waals surface area contributed by atoms with Crippen molar-refractivity contribution in [2.24, 2.45) is 5.73 Å². The average Bonchev–Trinajstić information content (AvgIpc) is 1.63. The highest BCUT2D eigenvalue weighted by Gasteiger charge is 2.02. The molecular formula is C2H6N2O4S. The molecule has 0 aromatic rings. The molecular weight excluding hydrogens is 148 g/mol. The molecule has 0 heterocycles. The third kappa shape index (κ3) is 3.74. The first-order valence-corrected chi connectivity index (χ1v) is 2.99. The van der Waals surface area contributed by atoms with Gasteiger partial charge in [0.25, 0.3) is 11.0 Å². The van der Waals surface area contributed by atoms with Gasteiger partial charge in [0.1, 0.15) is 0 Å². The number of carbonyl (C=O) groups is 1. The van der Waals surface area contributed by atoms with Crippen LogP contribution >= 0.6 is 0 Å². The lowest BCUT2D eigenvalue weighted by molar-refractivity contribution is 0.0296. The molecule has 0 spiro atoms. The molecule has 0 aliphatic rings. The second kappa shape index (κ2) is 3.25. The Bertz CT molecular complexity index is 167. The predicted octanol–water partition coefficient (Wildman–Crippen LogP) is -1.55. The Kier molecular flexibility index (Phi) is 2.96. The fourth-order valence-corrected chi connectivity index (χ4v) is 0.421. The van der Waals surface area contributed by atoms with Gasteiger partial charge in [-0.1, -0.05) is 0 Å². The van der Waals surface area contributed by atoms with E-state index in [4.69, 9.17) is 0 Å². The van der Waals surface area contributed by atoms with Crippen molar-refractivity contribution < 1.29 is 17.5 Å². The van der Waals surface area contributed by atoms with Gasteiger partial charge in [-0.2, -0.15) is 5.06 Å². The summed E-state index contributed by atoms with van der Waals surface area (Å²) >= 11 is 0. The number of urea groups is 1. The van der Waals surface area contributed by atoms with E-state index in [1.165, 1.54) is 0 Å². The first-order valence-electron chi connectivity index (χ1n) is 1.89. The molecule has 2 amide bonds. The van der Waals surface area contributed by atoms with Crippen molar-refractivity contribution in [3.8, 4) is 0 Å². The van der Waals surface area contributed by atoms with Gasteiger partial charge >= 0.3 is 6.03 Å². The van der Waals surface area contributed by atoms with Gasteiger partial charge in [0.2, 0.25) is 0 Å². The van der Waals surface area contributed by atoms with Crippen molar-refractivity contribution in [3.63, 3.8) is 0 Å². The van der Waals surface area contributed by atoms with Crippen molar-refractivity contribution in [2.75, 3.05) is 7.05 Å². The molecule has 0 bridgehead atoms. The molecule has 9 heavy (non-hydrogen) atoms. The molecule has 0 aromatic heterocycles. The summed E-state index contributed by atoms with van der Waals surface area (Å²) in [6.45, 7) is 0. The zero-order valence-corrected chi connectivity index (χ0v) is 5.50. The van der Waals surface area contributed by atoms with Crippen LogP contribution in [0.5, 0.6) is 0 Å². The van der Waals surface area contributed by atoms with Gasteiger partial charge in [0.05, 0.1) is 0 Å². The molecule has 6 nitrogen and oxygen atoms in total. The van der Waals surface area contributed by atoms with Crippen LogP contribution in [0.1, 0.15) is 0 Å². The smallest absolute Gasteiger partial charge is 0.339 e. The zero-order valence-electron chi connectivity index (χ0n) is 4.60. The number of thiol groups is 1. The molecule has 0 saturated heterocycles. The van der Waals surface area contributed by atoms with Crippen LogP contribution in [0.4, 0.5) is 4.79 Å². The molecule has 0 atom stereocenters. The van der Waals surface area contributed by atoms with Crippen molar-refractivity contribution in [3.05, 3.63) is 0 Å². The maximum Gasteiger partial charge on any atom is 0.339 e. The van der Waals surface area contributed by atoms with Gasteiger partial charge in [-0.25, -0.2) is 13.2 Å². The molecule has 7 heteroatoms. The van der Waals surface area contributed by atoms with Gasteiger partial charge in [-0.3, -0.25) is 0 Å². The standard InChI is InChI=1S/C2H6N2O4S/c1-4(2(3)5)8-9(6)7/h9H,1H3,(H2,3,5). The van der Waals surface area contributed by atoms with Gasteiger partial charge in [0, 0.05) is 7.05 Å². The Morgan fingerprint density at radius 2 is 2.11 bits per heavy atom. The average molecular weight is 154 g/mol. The molecule has 0 rings (SSSR count). The molecule has 2 N–H and O–H groups in total. The van der Waals surface area contributed by atoms with E-state index in [9.17, 15) is 13.2 Å². The van der Waals surface area contributed by atoms with E-state index in [0.29, 0.717) is 5.06 Å². The summed E-state index contributed by atoms with van der Waals surface area (Å²) in [6, 6.07) is -0.964. The number of hydroxylamine groups is 2. The summed E-state index contributed by atoms with van der Waals surface area (Å²) in [7, 11) is -1.96. The Hall–Kier alpha value is -0.820. The van der Waals surface area contributed by atoms with Gasteiger partial charge in [-0.15, -0.1) is 4.28 Å². The maximum absolute atomic E-state index is 9.99. The van der Waals surface area contributed by atoms with Crippen LogP contribution in [0.3, 0.4) is 0 Å². The fourth-order valence-electron chi connectivity index (χ4n) is 0.140. The number of hydrogen-bond acceptors (Lipinski definition) is 4. The lowest BCUT2D eigenvalue weighted by Gasteiger charge is -2.06. The number of primary amides is 1. The third-order valence-electron chi connectivity index (χ3n) is 0.500. The van der Waals surface area contributed by atoms with E-state index < -0.39 is 17.0 Å². The molecule has 0 aliphatic heterocycles. The summed E-state index contributed by atoms with van der Waals surface area (Å²) in [4.78, 5) is 9.99. The summed E-state index contributed by atoms with van der Waals surface area (Å²) in [5.74, 6) is 0. The molecule has 0 radical (unpaired) electrons. The van der Waals surface area contributed by atoms with Crippen molar-refractivity contribution in [1.29, 1.82) is 0 Å². The van der Waals surface area contributed by atoms with Crippen LogP contribution in [0.15, 0.2) is 0 Å². The van der Waals surface area contributed by atoms with Crippen molar-refractivity contribution in [1.82, 2.24) is 5.06 Å². The van der Waals surface area contributed by atoms with Gasteiger partial charge < -0.3 is 5.73 Å². The summed E-state index contributed by atoms with van der Waals surface area (Å²) in [6.07, 6.45) is 0. The Labute approximate surface area is 53.3 Å². The Balaban J connectivity index is 3.77. The fraction of sp³-hybridized carbons (Fsp3) is 0.500. The third-order valence-corrected chi connectivity index (χ3v) is 0.878. The highest BCUT2D eigenvalue weighted by Crippen LogP contribution is 1.81. The van der Waals surface area contributed by atoms with E-state index in [0.717, 1.165) is 7.05 Å². The summed E-state index contributed by atoms with van der Waals surface area (Å²) in [5.41, 5.74) is 4.58. The number of carbonyl (C=O) groups excluding carboxylic acids is 1. The van der Waals surface area contributed by atoms with Crippen LogP contribution in [0.25, 0.3) is 0 Å². The van der Waals surface area contributed by atoms with Crippen LogP contribution in [-0.4, -0.2) is 26.6 Å². The van der Waals surface area contributed by atoms with Crippen LogP contribution < -0.4 is 5.73 Å². The van der Waals surface area contributed by atoms with Crippen LogP contribution in [0.2, 0.25) is 0 Å². The first-order chi connectivity index (χ1) is 4.04. The SMILES string of the molecule is CN(O[SH](=O)=O)C(N)=O. The molecule has 0 aromatic carbocycles. The van der Waals surface area contributed by atoms with E-state index in [1.807, 2.05) is 0 Å². The van der Waals surface area contributed by atoms with Crippen LogP contribution in [-0.2, 0) is 15.3 Å². The molecule has 0 aliphatic carbocycles. The van der Waals surface area contributed by atoms with Crippen LogP contribution in [0, 0.1) is 0 Å². The van der Waals surface area contributed by atoms with Gasteiger partial charge in [0.15, 0.2) is 0 Å². The Morgan fingerprint density at radius 3 is 2.22 bits per heavy atom. The highest BCUT2D eigenvalue weighted by atomic mass is 32.2. The number of nitrogens with two attached hydrogens (primary N) is 1. The number of amides is 2. The molecule has 0 saturated carbocycles. The Morgan fingerprint density at radius 1 is 1.67 bits per heavy atom. The quantitative estimate of drug-likeness (QED) is 0.372. The second-order valence-electron chi connectivity index (χ2n) is 1.14. The lowest BCUT2D eigenvalue weighted by Crippen LogP contribution is -2.31. The zero-order chi connectivity index (χ0) is 7.44. The lowest BCUT2D eigenvalue weighted by atomic mass is 11.0. The normalized spacial score (nSPS) is 9.56. The van der Waals surface area contributed by atoms with E-state index in [-0.39, 0.29) is 0 Å². The maximum atomic E-state index is 9.99. The minimum atomic E-state index is -3.05. The minimum Gasteiger partial charge on any atom is -0.350 e. The number of hydrogen-bond donors (Lipinski definition) is 2. The first kappa shape index (κ1) is 8.18. The van der Waals surface area contributed by atoms with E-state index in [2.05, 4.69) is 10.0 Å². The van der Waals surface area contributed by atoms with Crippen molar-refractivity contribution in [2.45, 2.75) is 0 Å². The molecule has 0 fully saturated rings. The van der Waals surface area contributed by atoms with Gasteiger partial charge in [-0.05, 0) is 0 Å². The minimum absolute atomic E-state index is 0.408. The summed E-state index contributed by atoms with van der Waals surface area (Å²) < 4.78 is 23.2. The predicted molar refractivity (Wildman–Crippen MR) is 28.7 cm³/mol. The summed E-state index contributed by atoms with van der Waals surface area (Å²) in [5, 5.41) is 0.408. The monoisotopic (exact) mass is 154 g/mol. The number of nitrogens with zero attached hydrogens (tertiary/aromatic N) is 1. The van der Waals surface area contributed by atoms with Crippen molar-refractivity contribution >= 4 is 17.0 Å². The second-order valence-corrected chi connectivity index (χ2v) is 1.75. The molecule has 54 valence electrons. The number of rotatable bonds is 2. The molecule has 0 unspecified atom stereocenters. The largest absolute Gasteiger partial charge is 0.350 e.